The van der Waals surface area contributed by atoms with E-state index in [0.29, 0.717) is 0 Å². The van der Waals surface area contributed by atoms with Crippen LogP contribution in [0.5, 0.6) is 5.75 Å². The Hall–Kier alpha value is -3.92. The molecule has 0 radical (unpaired) electrons. The summed E-state index contributed by atoms with van der Waals surface area (Å²) in [5, 5.41) is 17.1. The Morgan fingerprint density at radius 3 is 2.06 bits per heavy atom. The van der Waals surface area contributed by atoms with Gasteiger partial charge in [-0.15, -0.1) is 0 Å². The number of hydrogen-bond donors (Lipinski definition) is 6. The first-order valence-electron chi connectivity index (χ1n) is 10.4. The number of amides is 4. The van der Waals surface area contributed by atoms with Crippen molar-refractivity contribution in [2.75, 3.05) is 0 Å². The molecule has 2 aromatic carbocycles. The molecule has 10 heteroatoms. The predicted octanol–water partition coefficient (Wildman–Crippen LogP) is -0.557. The molecular formula is C23H29N5O5. The van der Waals surface area contributed by atoms with E-state index in [-0.39, 0.29) is 18.6 Å². The summed E-state index contributed by atoms with van der Waals surface area (Å²) >= 11 is 0. The van der Waals surface area contributed by atoms with Gasteiger partial charge in [-0.1, -0.05) is 42.5 Å². The minimum Gasteiger partial charge on any atom is -0.508 e. The molecule has 0 spiro atoms. The van der Waals surface area contributed by atoms with E-state index in [1.54, 1.807) is 12.1 Å². The molecule has 0 heterocycles. The molecule has 0 aromatic heterocycles. The topological polar surface area (TPSA) is 177 Å². The molecule has 33 heavy (non-hydrogen) atoms. The SMILES string of the molecule is C[C@@H](NC(=O)[C@@H](N)Cc1ccc(O)cc1)C(=O)N[C@@H](Cc1ccccc1)NC(=O)CC(N)=O. The number of nitrogens with one attached hydrogen (secondary N) is 3. The summed E-state index contributed by atoms with van der Waals surface area (Å²) in [7, 11) is 0. The highest BCUT2D eigenvalue weighted by Gasteiger charge is 2.23. The van der Waals surface area contributed by atoms with Crippen molar-refractivity contribution in [1.82, 2.24) is 16.0 Å². The Labute approximate surface area is 191 Å². The third-order valence-corrected chi connectivity index (χ3v) is 4.75. The van der Waals surface area contributed by atoms with Gasteiger partial charge < -0.3 is 32.5 Å². The van der Waals surface area contributed by atoms with Crippen LogP contribution in [0.3, 0.4) is 0 Å². The molecular weight excluding hydrogens is 426 g/mol. The van der Waals surface area contributed by atoms with Crippen molar-refractivity contribution in [3.63, 3.8) is 0 Å². The molecule has 10 nitrogen and oxygen atoms in total. The maximum absolute atomic E-state index is 12.7. The summed E-state index contributed by atoms with van der Waals surface area (Å²) in [4.78, 5) is 48.1. The highest BCUT2D eigenvalue weighted by atomic mass is 16.3. The summed E-state index contributed by atoms with van der Waals surface area (Å²) in [5.74, 6) is -2.38. The first-order valence-corrected chi connectivity index (χ1v) is 10.4. The van der Waals surface area contributed by atoms with Gasteiger partial charge in [0.15, 0.2) is 0 Å². The number of phenolic OH excluding ortho intramolecular Hbond substituents is 1. The first-order chi connectivity index (χ1) is 15.6. The molecule has 8 N–H and O–H groups in total. The van der Waals surface area contributed by atoms with E-state index in [4.69, 9.17) is 11.5 Å². The molecule has 0 aliphatic rings. The maximum atomic E-state index is 12.7. The highest BCUT2D eigenvalue weighted by molar-refractivity contribution is 5.96. The van der Waals surface area contributed by atoms with Crippen molar-refractivity contribution in [2.24, 2.45) is 11.5 Å². The number of rotatable bonds is 11. The Morgan fingerprint density at radius 1 is 0.848 bits per heavy atom. The number of hydrogen-bond acceptors (Lipinski definition) is 6. The number of primary amides is 1. The van der Waals surface area contributed by atoms with Gasteiger partial charge in [0.25, 0.3) is 0 Å². The van der Waals surface area contributed by atoms with E-state index in [2.05, 4.69) is 16.0 Å². The number of nitrogens with two attached hydrogens (primary N) is 2. The van der Waals surface area contributed by atoms with Gasteiger partial charge in [0.2, 0.25) is 23.6 Å². The Morgan fingerprint density at radius 2 is 1.45 bits per heavy atom. The third kappa shape index (κ3) is 8.99. The van der Waals surface area contributed by atoms with Crippen LogP contribution in [0.2, 0.25) is 0 Å². The van der Waals surface area contributed by atoms with E-state index in [1.807, 2.05) is 30.3 Å². The van der Waals surface area contributed by atoms with E-state index in [1.165, 1.54) is 19.1 Å². The average Bonchev–Trinajstić information content (AvgIpc) is 2.75. The molecule has 4 amide bonds. The van der Waals surface area contributed by atoms with Gasteiger partial charge >= 0.3 is 0 Å². The van der Waals surface area contributed by atoms with Crippen LogP contribution in [0, 0.1) is 0 Å². The number of carbonyl (C=O) groups excluding carboxylic acids is 4. The standard InChI is InChI=1S/C23H29N5O5/c1-14(26-23(33)18(24)11-16-7-9-17(29)10-8-16)22(32)28-20(27-21(31)13-19(25)30)12-15-5-3-2-4-6-15/h2-10,14,18,20,29H,11-13,24H2,1H3,(H2,25,30)(H,26,33)(H,27,31)(H,28,32)/t14-,18+,20+/m1/s1. The van der Waals surface area contributed by atoms with Gasteiger partial charge in [0, 0.05) is 6.42 Å². The fourth-order valence-corrected chi connectivity index (χ4v) is 3.05. The summed E-state index contributed by atoms with van der Waals surface area (Å²) in [5.41, 5.74) is 12.6. The van der Waals surface area contributed by atoms with Crippen LogP contribution in [-0.2, 0) is 32.0 Å². The zero-order chi connectivity index (χ0) is 24.4. The average molecular weight is 456 g/mol. The second-order valence-electron chi connectivity index (χ2n) is 7.67. The zero-order valence-corrected chi connectivity index (χ0v) is 18.3. The monoisotopic (exact) mass is 455 g/mol. The van der Waals surface area contributed by atoms with E-state index in [9.17, 15) is 24.3 Å². The zero-order valence-electron chi connectivity index (χ0n) is 18.3. The molecule has 2 rings (SSSR count). The quantitative estimate of drug-likeness (QED) is 0.195. The number of benzene rings is 2. The van der Waals surface area contributed by atoms with Crippen LogP contribution in [0.15, 0.2) is 54.6 Å². The van der Waals surface area contributed by atoms with E-state index >= 15 is 0 Å². The minimum atomic E-state index is -0.935. The third-order valence-electron chi connectivity index (χ3n) is 4.75. The molecule has 0 saturated carbocycles. The van der Waals surface area contributed by atoms with Gasteiger partial charge in [0.1, 0.15) is 24.4 Å². The maximum Gasteiger partial charge on any atom is 0.243 e. The van der Waals surface area contributed by atoms with Crippen molar-refractivity contribution in [3.8, 4) is 5.75 Å². The van der Waals surface area contributed by atoms with Crippen LogP contribution in [-0.4, -0.2) is 47.0 Å². The van der Waals surface area contributed by atoms with Gasteiger partial charge in [-0.05, 0) is 36.6 Å². The van der Waals surface area contributed by atoms with Gasteiger partial charge in [-0.3, -0.25) is 19.2 Å². The van der Waals surface area contributed by atoms with Crippen LogP contribution in [0.1, 0.15) is 24.5 Å². The lowest BCUT2D eigenvalue weighted by molar-refractivity contribution is -0.131. The van der Waals surface area contributed by atoms with Crippen molar-refractivity contribution in [2.45, 2.75) is 44.4 Å². The van der Waals surface area contributed by atoms with Crippen LogP contribution >= 0.6 is 0 Å². The smallest absolute Gasteiger partial charge is 0.243 e. The van der Waals surface area contributed by atoms with E-state index in [0.717, 1.165) is 11.1 Å². The predicted molar refractivity (Wildman–Crippen MR) is 121 cm³/mol. The molecule has 0 aliphatic carbocycles. The Balaban J connectivity index is 1.96. The molecule has 2 aromatic rings. The van der Waals surface area contributed by atoms with Gasteiger partial charge in [0.05, 0.1) is 6.04 Å². The minimum absolute atomic E-state index is 0.107. The molecule has 0 fully saturated rings. The lowest BCUT2D eigenvalue weighted by Gasteiger charge is -2.23. The molecule has 0 saturated heterocycles. The molecule has 0 aliphatic heterocycles. The molecule has 0 bridgehead atoms. The second kappa shape index (κ2) is 12.2. The number of aromatic hydroxyl groups is 1. The lowest BCUT2D eigenvalue weighted by atomic mass is 10.1. The lowest BCUT2D eigenvalue weighted by Crippen LogP contribution is -2.56. The summed E-state index contributed by atoms with van der Waals surface area (Å²) in [6, 6.07) is 13.6. The van der Waals surface area contributed by atoms with Crippen molar-refractivity contribution in [1.29, 1.82) is 0 Å². The van der Waals surface area contributed by atoms with Crippen molar-refractivity contribution < 1.29 is 24.3 Å². The van der Waals surface area contributed by atoms with Gasteiger partial charge in [-0.25, -0.2) is 0 Å². The summed E-state index contributed by atoms with van der Waals surface area (Å²) in [6.45, 7) is 1.49. The largest absolute Gasteiger partial charge is 0.508 e. The van der Waals surface area contributed by atoms with Crippen LogP contribution < -0.4 is 27.4 Å². The highest BCUT2D eigenvalue weighted by Crippen LogP contribution is 2.11. The summed E-state index contributed by atoms with van der Waals surface area (Å²) < 4.78 is 0. The Kier molecular flexibility index (Phi) is 9.37. The summed E-state index contributed by atoms with van der Waals surface area (Å²) in [6.07, 6.45) is -0.852. The number of phenols is 1. The Bertz CT molecular complexity index is 965. The molecule has 3 atom stereocenters. The molecule has 0 unspecified atom stereocenters. The fraction of sp³-hybridized carbons (Fsp3) is 0.304. The fourth-order valence-electron chi connectivity index (χ4n) is 3.05. The molecule has 176 valence electrons. The van der Waals surface area contributed by atoms with Gasteiger partial charge in [-0.2, -0.15) is 0 Å². The normalized spacial score (nSPS) is 13.3. The van der Waals surface area contributed by atoms with Crippen molar-refractivity contribution in [3.05, 3.63) is 65.7 Å². The second-order valence-corrected chi connectivity index (χ2v) is 7.67. The first kappa shape index (κ1) is 25.3. The van der Waals surface area contributed by atoms with E-state index < -0.39 is 48.3 Å². The van der Waals surface area contributed by atoms with Crippen molar-refractivity contribution >= 4 is 23.6 Å². The van der Waals surface area contributed by atoms with Crippen LogP contribution in [0.4, 0.5) is 0 Å². The number of carbonyl (C=O) groups is 4. The van der Waals surface area contributed by atoms with Crippen LogP contribution in [0.25, 0.3) is 0 Å².